The topological polar surface area (TPSA) is 49.4 Å². The van der Waals surface area contributed by atoms with Crippen LogP contribution in [0.25, 0.3) is 0 Å². The Balaban J connectivity index is 1.66. The van der Waals surface area contributed by atoms with Crippen molar-refractivity contribution in [2.24, 2.45) is 5.92 Å². The van der Waals surface area contributed by atoms with Crippen LogP contribution in [-0.4, -0.2) is 18.4 Å². The van der Waals surface area contributed by atoms with Crippen LogP contribution in [0.4, 0.5) is 5.69 Å². The fourth-order valence-corrected chi connectivity index (χ4v) is 3.64. The largest absolute Gasteiger partial charge is 0.348 e. The monoisotopic (exact) mass is 348 g/mol. The molecule has 6 heteroatoms. The van der Waals surface area contributed by atoms with Gasteiger partial charge in [-0.3, -0.25) is 9.59 Å². The van der Waals surface area contributed by atoms with Crippen LogP contribution < -0.4 is 10.2 Å². The number of thiophene rings is 1. The van der Waals surface area contributed by atoms with Crippen molar-refractivity contribution < 1.29 is 9.59 Å². The second kappa shape index (κ2) is 6.72. The van der Waals surface area contributed by atoms with Crippen molar-refractivity contribution in [1.29, 1.82) is 0 Å². The van der Waals surface area contributed by atoms with E-state index < -0.39 is 0 Å². The maximum absolute atomic E-state index is 12.4. The Morgan fingerprint density at radius 3 is 2.91 bits per heavy atom. The number of nitrogens with zero attached hydrogens (tertiary/aromatic N) is 1. The highest BCUT2D eigenvalue weighted by Gasteiger charge is 2.35. The minimum Gasteiger partial charge on any atom is -0.348 e. The Labute approximate surface area is 144 Å². The number of rotatable bonds is 4. The van der Waals surface area contributed by atoms with Crippen molar-refractivity contribution in [1.82, 2.24) is 5.32 Å². The van der Waals surface area contributed by atoms with Gasteiger partial charge in [0.15, 0.2) is 0 Å². The molecular formula is C17H17ClN2O2S. The molecule has 23 heavy (non-hydrogen) atoms. The summed E-state index contributed by atoms with van der Waals surface area (Å²) >= 11 is 7.59. The van der Waals surface area contributed by atoms with Crippen molar-refractivity contribution in [2.75, 3.05) is 11.4 Å². The van der Waals surface area contributed by atoms with Crippen LogP contribution >= 0.6 is 22.9 Å². The molecule has 120 valence electrons. The molecule has 2 atom stereocenters. The summed E-state index contributed by atoms with van der Waals surface area (Å²) in [5.74, 6) is -0.455. The quantitative estimate of drug-likeness (QED) is 0.917. The van der Waals surface area contributed by atoms with Crippen molar-refractivity contribution in [2.45, 2.75) is 19.4 Å². The molecule has 2 heterocycles. The van der Waals surface area contributed by atoms with Gasteiger partial charge in [0, 0.05) is 28.6 Å². The van der Waals surface area contributed by atoms with Gasteiger partial charge in [0.05, 0.1) is 12.0 Å². The summed E-state index contributed by atoms with van der Waals surface area (Å²) in [5.41, 5.74) is 0.740. The molecular weight excluding hydrogens is 332 g/mol. The predicted molar refractivity (Wildman–Crippen MR) is 92.8 cm³/mol. The number of hydrogen-bond acceptors (Lipinski definition) is 3. The number of amides is 2. The third-order valence-electron chi connectivity index (χ3n) is 3.94. The number of anilines is 1. The van der Waals surface area contributed by atoms with Crippen LogP contribution in [0.1, 0.15) is 24.3 Å². The molecule has 2 aromatic rings. The number of nitrogens with one attached hydrogen (secondary N) is 1. The van der Waals surface area contributed by atoms with E-state index in [0.29, 0.717) is 11.6 Å². The van der Waals surface area contributed by atoms with Gasteiger partial charge >= 0.3 is 0 Å². The highest BCUT2D eigenvalue weighted by molar-refractivity contribution is 7.10. The summed E-state index contributed by atoms with van der Waals surface area (Å²) in [4.78, 5) is 27.4. The van der Waals surface area contributed by atoms with Crippen LogP contribution in [0.2, 0.25) is 5.02 Å². The van der Waals surface area contributed by atoms with E-state index in [1.807, 2.05) is 30.5 Å². The van der Waals surface area contributed by atoms with Crippen molar-refractivity contribution in [3.8, 4) is 0 Å². The van der Waals surface area contributed by atoms with Crippen LogP contribution in [0.3, 0.4) is 0 Å². The minimum absolute atomic E-state index is 0.0437. The third-order valence-corrected chi connectivity index (χ3v) is 5.23. The molecule has 1 saturated heterocycles. The van der Waals surface area contributed by atoms with Crippen LogP contribution in [-0.2, 0) is 9.59 Å². The van der Waals surface area contributed by atoms with E-state index in [0.717, 1.165) is 10.6 Å². The second-order valence-corrected chi connectivity index (χ2v) is 7.05. The molecule has 0 spiro atoms. The molecule has 3 rings (SSSR count). The molecule has 1 aromatic heterocycles. The number of carbonyl (C=O) groups is 2. The fraction of sp³-hybridized carbons (Fsp3) is 0.294. The summed E-state index contributed by atoms with van der Waals surface area (Å²) in [6.45, 7) is 2.34. The predicted octanol–water partition coefficient (Wildman–Crippen LogP) is 3.63. The molecule has 1 N–H and O–H groups in total. The first-order valence-electron chi connectivity index (χ1n) is 7.44. The Kier molecular flexibility index (Phi) is 4.68. The molecule has 1 aliphatic heterocycles. The Bertz CT molecular complexity index is 717. The first-order chi connectivity index (χ1) is 11.0. The van der Waals surface area contributed by atoms with E-state index in [1.54, 1.807) is 34.4 Å². The standard InChI is InChI=1S/C17H17ClN2O2S/c1-11(15-6-3-7-23-15)19-17(22)12-8-16(21)20(10-12)14-5-2-4-13(18)9-14/h2-7,9,11-12H,8,10H2,1H3,(H,19,22). The van der Waals surface area contributed by atoms with E-state index >= 15 is 0 Å². The summed E-state index contributed by atoms with van der Waals surface area (Å²) in [6, 6.07) is 11.1. The zero-order chi connectivity index (χ0) is 16.4. The molecule has 1 aromatic carbocycles. The number of carbonyl (C=O) groups excluding carboxylic acids is 2. The molecule has 4 nitrogen and oxygen atoms in total. The van der Waals surface area contributed by atoms with Gasteiger partial charge in [-0.05, 0) is 36.6 Å². The van der Waals surface area contributed by atoms with Gasteiger partial charge in [-0.25, -0.2) is 0 Å². The Morgan fingerprint density at radius 2 is 2.22 bits per heavy atom. The lowest BCUT2D eigenvalue weighted by atomic mass is 10.1. The highest BCUT2D eigenvalue weighted by atomic mass is 35.5. The van der Waals surface area contributed by atoms with Crippen LogP contribution in [0.5, 0.6) is 0 Å². The first-order valence-corrected chi connectivity index (χ1v) is 8.70. The summed E-state index contributed by atoms with van der Waals surface area (Å²) in [5, 5.41) is 5.56. The third kappa shape index (κ3) is 3.57. The molecule has 1 fully saturated rings. The Hall–Kier alpha value is -1.85. The molecule has 2 amide bonds. The lowest BCUT2D eigenvalue weighted by Gasteiger charge is -2.18. The molecule has 0 radical (unpaired) electrons. The Morgan fingerprint density at radius 1 is 1.39 bits per heavy atom. The first kappa shape index (κ1) is 16.0. The van der Waals surface area contributed by atoms with Crippen LogP contribution in [0, 0.1) is 5.92 Å². The summed E-state index contributed by atoms with van der Waals surface area (Å²) in [7, 11) is 0. The maximum Gasteiger partial charge on any atom is 0.227 e. The molecule has 0 saturated carbocycles. The lowest BCUT2D eigenvalue weighted by Crippen LogP contribution is -2.34. The highest BCUT2D eigenvalue weighted by Crippen LogP contribution is 2.28. The lowest BCUT2D eigenvalue weighted by molar-refractivity contribution is -0.126. The zero-order valence-corrected chi connectivity index (χ0v) is 14.2. The normalized spacial score (nSPS) is 19.0. The minimum atomic E-state index is -0.330. The maximum atomic E-state index is 12.4. The number of hydrogen-bond donors (Lipinski definition) is 1. The zero-order valence-electron chi connectivity index (χ0n) is 12.7. The molecule has 0 aliphatic carbocycles. The summed E-state index contributed by atoms with van der Waals surface area (Å²) in [6.07, 6.45) is 0.232. The average Bonchev–Trinajstić information content (AvgIpc) is 3.16. The average molecular weight is 349 g/mol. The summed E-state index contributed by atoms with van der Waals surface area (Å²) < 4.78 is 0. The van der Waals surface area contributed by atoms with Crippen LogP contribution in [0.15, 0.2) is 41.8 Å². The second-order valence-electron chi connectivity index (χ2n) is 5.63. The van der Waals surface area contributed by atoms with E-state index in [9.17, 15) is 9.59 Å². The molecule has 0 bridgehead atoms. The van der Waals surface area contributed by atoms with E-state index in [4.69, 9.17) is 11.6 Å². The van der Waals surface area contributed by atoms with E-state index in [2.05, 4.69) is 5.32 Å². The van der Waals surface area contributed by atoms with Gasteiger partial charge in [-0.1, -0.05) is 23.7 Å². The van der Waals surface area contributed by atoms with Gasteiger partial charge in [-0.2, -0.15) is 0 Å². The van der Waals surface area contributed by atoms with Gasteiger partial charge in [-0.15, -0.1) is 11.3 Å². The molecule has 2 unspecified atom stereocenters. The number of benzene rings is 1. The van der Waals surface area contributed by atoms with Gasteiger partial charge in [0.2, 0.25) is 11.8 Å². The van der Waals surface area contributed by atoms with Crippen molar-refractivity contribution in [3.63, 3.8) is 0 Å². The number of halogens is 1. The SMILES string of the molecule is CC(NC(=O)C1CC(=O)N(c2cccc(Cl)c2)C1)c1cccs1. The van der Waals surface area contributed by atoms with Gasteiger partial charge in [0.25, 0.3) is 0 Å². The molecule has 1 aliphatic rings. The van der Waals surface area contributed by atoms with E-state index in [-0.39, 0.29) is 30.2 Å². The van der Waals surface area contributed by atoms with E-state index in [1.165, 1.54) is 0 Å². The van der Waals surface area contributed by atoms with Gasteiger partial charge in [0.1, 0.15) is 0 Å². The smallest absolute Gasteiger partial charge is 0.227 e. The fourth-order valence-electron chi connectivity index (χ4n) is 2.72. The van der Waals surface area contributed by atoms with Crippen molar-refractivity contribution in [3.05, 3.63) is 51.7 Å². The van der Waals surface area contributed by atoms with Gasteiger partial charge < -0.3 is 10.2 Å². The van der Waals surface area contributed by atoms with Crippen molar-refractivity contribution >= 4 is 40.4 Å².